The molecule has 2 aliphatic carbocycles. The van der Waals surface area contributed by atoms with E-state index in [1.165, 1.54) is 37.7 Å². The molecule has 1 aromatic carbocycles. The predicted molar refractivity (Wildman–Crippen MR) is 75.5 cm³/mol. The highest BCUT2D eigenvalue weighted by atomic mass is 15.1. The van der Waals surface area contributed by atoms with Gasteiger partial charge in [0.1, 0.15) is 0 Å². The maximum Gasteiger partial charge on any atom is 0.0247 e. The van der Waals surface area contributed by atoms with E-state index in [-0.39, 0.29) is 0 Å². The number of aryl methyl sites for hydroxylation is 2. The summed E-state index contributed by atoms with van der Waals surface area (Å²) in [5, 5.41) is 0. The molecule has 0 radical (unpaired) electrons. The molecule has 1 unspecified atom stereocenters. The van der Waals surface area contributed by atoms with Gasteiger partial charge < -0.3 is 5.73 Å². The summed E-state index contributed by atoms with van der Waals surface area (Å²) in [6, 6.07) is 7.64. The maximum absolute atomic E-state index is 5.92. The monoisotopic (exact) mass is 244 g/mol. The van der Waals surface area contributed by atoms with E-state index in [1.807, 2.05) is 0 Å². The number of likely N-dealkylation sites (N-methyl/N-ethyl adjacent to an activating group) is 1. The molecule has 0 bridgehead atoms. The second-order valence-corrected chi connectivity index (χ2v) is 6.01. The molecule has 18 heavy (non-hydrogen) atoms. The molecule has 0 aromatic heterocycles. The van der Waals surface area contributed by atoms with Crippen molar-refractivity contribution >= 4 is 0 Å². The third-order valence-electron chi connectivity index (χ3n) is 4.57. The minimum absolute atomic E-state index is 0.582. The lowest BCUT2D eigenvalue weighted by Crippen LogP contribution is -2.39. The van der Waals surface area contributed by atoms with Crippen molar-refractivity contribution in [3.63, 3.8) is 0 Å². The Morgan fingerprint density at radius 2 is 2.06 bits per heavy atom. The molecule has 1 fully saturated rings. The van der Waals surface area contributed by atoms with Crippen LogP contribution >= 0.6 is 0 Å². The van der Waals surface area contributed by atoms with Crippen molar-refractivity contribution in [2.24, 2.45) is 11.7 Å². The number of benzene rings is 1. The first kappa shape index (κ1) is 12.2. The van der Waals surface area contributed by atoms with Gasteiger partial charge in [0.25, 0.3) is 0 Å². The van der Waals surface area contributed by atoms with Gasteiger partial charge in [0.2, 0.25) is 0 Å². The molecule has 0 aliphatic heterocycles. The van der Waals surface area contributed by atoms with Crippen molar-refractivity contribution in [2.45, 2.75) is 44.7 Å². The van der Waals surface area contributed by atoms with Crippen LogP contribution in [-0.2, 0) is 19.4 Å². The number of nitrogens with two attached hydrogens (primary N) is 1. The molecule has 0 amide bonds. The van der Waals surface area contributed by atoms with Crippen molar-refractivity contribution in [3.8, 4) is 0 Å². The van der Waals surface area contributed by atoms with Crippen molar-refractivity contribution < 1.29 is 0 Å². The van der Waals surface area contributed by atoms with Gasteiger partial charge in [0, 0.05) is 19.1 Å². The second kappa shape index (κ2) is 5.02. The zero-order valence-corrected chi connectivity index (χ0v) is 11.4. The Bertz CT molecular complexity index is 423. The number of rotatable bonds is 5. The molecule has 1 saturated carbocycles. The smallest absolute Gasteiger partial charge is 0.0247 e. The van der Waals surface area contributed by atoms with E-state index < -0.39 is 0 Å². The summed E-state index contributed by atoms with van der Waals surface area (Å²) in [5.41, 5.74) is 10.5. The zero-order valence-electron chi connectivity index (χ0n) is 11.4. The average molecular weight is 244 g/mol. The first-order chi connectivity index (χ1) is 8.78. The highest BCUT2D eigenvalue weighted by Crippen LogP contribution is 2.35. The number of hydrogen-bond donors (Lipinski definition) is 1. The third kappa shape index (κ3) is 2.45. The quantitative estimate of drug-likeness (QED) is 0.861. The van der Waals surface area contributed by atoms with Crippen LogP contribution in [0, 0.1) is 5.92 Å². The number of fused-ring (bicyclic) bond motifs is 1. The summed E-state index contributed by atoms with van der Waals surface area (Å²) in [4.78, 5) is 2.45. The summed E-state index contributed by atoms with van der Waals surface area (Å²) in [7, 11) is 2.23. The summed E-state index contributed by atoms with van der Waals surface area (Å²) >= 11 is 0. The fourth-order valence-corrected chi connectivity index (χ4v) is 3.34. The zero-order chi connectivity index (χ0) is 12.5. The molecule has 0 heterocycles. The number of hydrogen-bond acceptors (Lipinski definition) is 2. The van der Waals surface area contributed by atoms with Crippen LogP contribution in [0.3, 0.4) is 0 Å². The summed E-state index contributed by atoms with van der Waals surface area (Å²) < 4.78 is 0. The second-order valence-electron chi connectivity index (χ2n) is 6.01. The highest BCUT2D eigenvalue weighted by Gasteiger charge is 2.32. The van der Waals surface area contributed by atoms with E-state index in [0.717, 1.165) is 19.0 Å². The molecular weight excluding hydrogens is 220 g/mol. The van der Waals surface area contributed by atoms with Crippen LogP contribution in [0.5, 0.6) is 0 Å². The van der Waals surface area contributed by atoms with Gasteiger partial charge in [-0.05, 0) is 61.8 Å². The van der Waals surface area contributed by atoms with Crippen molar-refractivity contribution in [1.29, 1.82) is 0 Å². The van der Waals surface area contributed by atoms with Gasteiger partial charge in [-0.15, -0.1) is 0 Å². The molecule has 0 spiro atoms. The van der Waals surface area contributed by atoms with Gasteiger partial charge in [-0.25, -0.2) is 0 Å². The normalized spacial score (nSPS) is 20.2. The Labute approximate surface area is 110 Å². The fourth-order valence-electron chi connectivity index (χ4n) is 3.34. The van der Waals surface area contributed by atoms with Crippen LogP contribution in [0.2, 0.25) is 0 Å². The molecular formula is C16H24N2. The largest absolute Gasteiger partial charge is 0.329 e. The Hall–Kier alpha value is -0.860. The molecule has 2 nitrogen and oxygen atoms in total. The van der Waals surface area contributed by atoms with Gasteiger partial charge in [-0.1, -0.05) is 18.2 Å². The molecule has 1 atom stereocenters. The summed E-state index contributed by atoms with van der Waals surface area (Å²) in [6.07, 6.45) is 6.63. The minimum Gasteiger partial charge on any atom is -0.329 e. The Balaban J connectivity index is 1.68. The van der Waals surface area contributed by atoms with Gasteiger partial charge in [0.05, 0.1) is 0 Å². The molecule has 1 aromatic rings. The fraction of sp³-hybridized carbons (Fsp3) is 0.625. The van der Waals surface area contributed by atoms with Crippen LogP contribution in [0.15, 0.2) is 18.2 Å². The Kier molecular flexibility index (Phi) is 3.40. The predicted octanol–water partition coefficient (Wildman–Crippen LogP) is 2.34. The van der Waals surface area contributed by atoms with Crippen LogP contribution in [0.25, 0.3) is 0 Å². The van der Waals surface area contributed by atoms with E-state index >= 15 is 0 Å². The van der Waals surface area contributed by atoms with E-state index in [9.17, 15) is 0 Å². The maximum atomic E-state index is 5.92. The highest BCUT2D eigenvalue weighted by molar-refractivity contribution is 5.35. The summed E-state index contributed by atoms with van der Waals surface area (Å²) in [6.45, 7) is 1.84. The standard InChI is InChI=1S/C16H24N2/c1-18(16(10-17)14-7-8-14)11-12-5-6-13-3-2-4-15(13)9-12/h5-6,9,14,16H,2-4,7-8,10-11,17H2,1H3. The van der Waals surface area contributed by atoms with Crippen molar-refractivity contribution in [2.75, 3.05) is 13.6 Å². The van der Waals surface area contributed by atoms with Gasteiger partial charge in [-0.2, -0.15) is 0 Å². The van der Waals surface area contributed by atoms with Crippen molar-refractivity contribution in [1.82, 2.24) is 4.90 Å². The van der Waals surface area contributed by atoms with Crippen LogP contribution in [-0.4, -0.2) is 24.5 Å². The topological polar surface area (TPSA) is 29.3 Å². The lowest BCUT2D eigenvalue weighted by Gasteiger charge is -2.27. The Morgan fingerprint density at radius 1 is 1.28 bits per heavy atom. The van der Waals surface area contributed by atoms with Crippen LogP contribution in [0.1, 0.15) is 36.0 Å². The van der Waals surface area contributed by atoms with Crippen molar-refractivity contribution in [3.05, 3.63) is 34.9 Å². The molecule has 2 heteroatoms. The van der Waals surface area contributed by atoms with Gasteiger partial charge in [0.15, 0.2) is 0 Å². The lowest BCUT2D eigenvalue weighted by atomic mass is 10.0. The van der Waals surface area contributed by atoms with Gasteiger partial charge in [-0.3, -0.25) is 4.90 Å². The molecule has 2 N–H and O–H groups in total. The first-order valence-electron chi connectivity index (χ1n) is 7.29. The third-order valence-corrected chi connectivity index (χ3v) is 4.57. The van der Waals surface area contributed by atoms with E-state index in [4.69, 9.17) is 5.73 Å². The SMILES string of the molecule is CN(Cc1ccc2c(c1)CCC2)C(CN)C1CC1. The van der Waals surface area contributed by atoms with E-state index in [0.29, 0.717) is 6.04 Å². The molecule has 2 aliphatic rings. The van der Waals surface area contributed by atoms with E-state index in [2.05, 4.69) is 30.1 Å². The minimum atomic E-state index is 0.582. The van der Waals surface area contributed by atoms with Crippen LogP contribution in [0.4, 0.5) is 0 Å². The van der Waals surface area contributed by atoms with Gasteiger partial charge >= 0.3 is 0 Å². The van der Waals surface area contributed by atoms with E-state index in [1.54, 1.807) is 11.1 Å². The number of nitrogens with zero attached hydrogens (tertiary/aromatic N) is 1. The molecule has 3 rings (SSSR count). The average Bonchev–Trinajstić information content (AvgIpc) is 3.08. The lowest BCUT2D eigenvalue weighted by molar-refractivity contribution is 0.215. The Morgan fingerprint density at radius 3 is 2.78 bits per heavy atom. The van der Waals surface area contributed by atoms with Crippen LogP contribution < -0.4 is 5.73 Å². The molecule has 0 saturated heterocycles. The molecule has 98 valence electrons. The first-order valence-corrected chi connectivity index (χ1v) is 7.29. The summed E-state index contributed by atoms with van der Waals surface area (Å²) in [5.74, 6) is 0.856.